The van der Waals surface area contributed by atoms with E-state index in [0.29, 0.717) is 16.4 Å². The molecule has 2 heterocycles. The standard InChI is InChI=1S/C16H14F3N5O2S/c1-9-7-13(10(2)20-9)14(25)8-27-15-21-22-23-24(15)11-3-5-12(6-4-11)26-16(17,18)19/h3-7,20H,8H2,1-2H3. The number of ketones is 1. The van der Waals surface area contributed by atoms with Crippen molar-refractivity contribution < 1.29 is 22.7 Å². The molecule has 0 amide bonds. The SMILES string of the molecule is Cc1cc(C(=O)CSc2nnnn2-c2ccc(OC(F)(F)F)cc2)c(C)[nH]1. The first-order valence-corrected chi connectivity index (χ1v) is 8.68. The zero-order valence-electron chi connectivity index (χ0n) is 14.2. The van der Waals surface area contributed by atoms with Gasteiger partial charge in [0.05, 0.1) is 11.4 Å². The molecule has 0 fully saturated rings. The van der Waals surface area contributed by atoms with Crippen molar-refractivity contribution in [3.8, 4) is 11.4 Å². The van der Waals surface area contributed by atoms with Crippen LogP contribution in [0.3, 0.4) is 0 Å². The van der Waals surface area contributed by atoms with E-state index in [9.17, 15) is 18.0 Å². The lowest BCUT2D eigenvalue weighted by molar-refractivity contribution is -0.274. The van der Waals surface area contributed by atoms with Gasteiger partial charge in [0.2, 0.25) is 5.16 Å². The second kappa shape index (κ2) is 7.43. The van der Waals surface area contributed by atoms with Crippen molar-refractivity contribution in [3.05, 3.63) is 47.3 Å². The van der Waals surface area contributed by atoms with E-state index in [0.717, 1.165) is 35.3 Å². The van der Waals surface area contributed by atoms with Crippen LogP contribution in [0.1, 0.15) is 21.7 Å². The number of Topliss-reactive ketones (excluding diaryl/α,β-unsaturated/α-hetero) is 1. The Morgan fingerprint density at radius 2 is 1.96 bits per heavy atom. The highest BCUT2D eigenvalue weighted by atomic mass is 32.2. The Labute approximate surface area is 155 Å². The summed E-state index contributed by atoms with van der Waals surface area (Å²) in [5.41, 5.74) is 2.73. The van der Waals surface area contributed by atoms with Gasteiger partial charge >= 0.3 is 6.36 Å². The maximum absolute atomic E-state index is 12.4. The van der Waals surface area contributed by atoms with Crippen LogP contribution in [-0.4, -0.2) is 43.1 Å². The van der Waals surface area contributed by atoms with E-state index in [1.54, 1.807) is 6.07 Å². The number of aromatic amines is 1. The van der Waals surface area contributed by atoms with Crippen molar-refractivity contribution in [2.75, 3.05) is 5.75 Å². The number of alkyl halides is 3. The van der Waals surface area contributed by atoms with Crippen LogP contribution < -0.4 is 4.74 Å². The average Bonchev–Trinajstić information content (AvgIpc) is 3.18. The molecule has 0 saturated carbocycles. The topological polar surface area (TPSA) is 85.7 Å². The summed E-state index contributed by atoms with van der Waals surface area (Å²) < 4.78 is 41.9. The molecule has 0 spiro atoms. The van der Waals surface area contributed by atoms with E-state index < -0.39 is 6.36 Å². The quantitative estimate of drug-likeness (QED) is 0.506. The van der Waals surface area contributed by atoms with E-state index in [-0.39, 0.29) is 17.3 Å². The summed E-state index contributed by atoms with van der Waals surface area (Å²) in [4.78, 5) is 15.4. The molecular weight excluding hydrogens is 383 g/mol. The lowest BCUT2D eigenvalue weighted by Crippen LogP contribution is -2.17. The molecule has 3 aromatic rings. The fourth-order valence-electron chi connectivity index (χ4n) is 2.44. The number of rotatable bonds is 6. The third kappa shape index (κ3) is 4.67. The van der Waals surface area contributed by atoms with E-state index >= 15 is 0 Å². The molecule has 2 aromatic heterocycles. The van der Waals surface area contributed by atoms with Crippen LogP contribution >= 0.6 is 11.8 Å². The van der Waals surface area contributed by atoms with Gasteiger partial charge in [-0.3, -0.25) is 4.79 Å². The Morgan fingerprint density at radius 3 is 2.56 bits per heavy atom. The zero-order valence-corrected chi connectivity index (χ0v) is 15.1. The smallest absolute Gasteiger partial charge is 0.406 e. The van der Waals surface area contributed by atoms with Gasteiger partial charge in [0, 0.05) is 17.0 Å². The number of ether oxygens (including phenoxy) is 1. The second-order valence-electron chi connectivity index (χ2n) is 5.62. The van der Waals surface area contributed by atoms with Gasteiger partial charge in [-0.15, -0.1) is 18.3 Å². The zero-order chi connectivity index (χ0) is 19.6. The molecule has 0 radical (unpaired) electrons. The molecule has 1 N–H and O–H groups in total. The number of benzene rings is 1. The van der Waals surface area contributed by atoms with Gasteiger partial charge in [-0.25, -0.2) is 0 Å². The predicted molar refractivity (Wildman–Crippen MR) is 91.2 cm³/mol. The molecule has 0 bridgehead atoms. The van der Waals surface area contributed by atoms with Gasteiger partial charge in [0.25, 0.3) is 0 Å². The number of halogens is 3. The van der Waals surface area contributed by atoms with Crippen LogP contribution in [-0.2, 0) is 0 Å². The summed E-state index contributed by atoms with van der Waals surface area (Å²) in [6, 6.07) is 6.89. The molecule has 0 atom stereocenters. The summed E-state index contributed by atoms with van der Waals surface area (Å²) in [6.45, 7) is 3.68. The number of thioether (sulfide) groups is 1. The maximum atomic E-state index is 12.4. The van der Waals surface area contributed by atoms with E-state index in [4.69, 9.17) is 0 Å². The molecule has 7 nitrogen and oxygen atoms in total. The molecule has 3 rings (SSSR count). The summed E-state index contributed by atoms with van der Waals surface area (Å²) in [5, 5.41) is 11.6. The summed E-state index contributed by atoms with van der Waals surface area (Å²) in [7, 11) is 0. The van der Waals surface area contributed by atoms with Crippen LogP contribution in [0.5, 0.6) is 5.75 Å². The molecule has 0 unspecified atom stereocenters. The molecule has 0 aliphatic carbocycles. The van der Waals surface area contributed by atoms with E-state index in [2.05, 4.69) is 25.2 Å². The minimum atomic E-state index is -4.76. The van der Waals surface area contributed by atoms with Crippen LogP contribution in [0, 0.1) is 13.8 Å². The number of carbonyl (C=O) groups excluding carboxylic acids is 1. The summed E-state index contributed by atoms with van der Waals surface area (Å²) in [5.74, 6) is -0.305. The molecule has 0 aliphatic heterocycles. The second-order valence-corrected chi connectivity index (χ2v) is 6.56. The van der Waals surface area contributed by atoms with Gasteiger partial charge in [0.15, 0.2) is 5.78 Å². The van der Waals surface area contributed by atoms with Gasteiger partial charge in [-0.2, -0.15) is 4.68 Å². The number of nitrogens with one attached hydrogen (secondary N) is 1. The monoisotopic (exact) mass is 397 g/mol. The van der Waals surface area contributed by atoms with E-state index in [1.807, 2.05) is 13.8 Å². The van der Waals surface area contributed by atoms with Crippen LogP contribution in [0.4, 0.5) is 13.2 Å². The fraction of sp³-hybridized carbons (Fsp3) is 0.250. The third-order valence-corrected chi connectivity index (χ3v) is 4.46. The van der Waals surface area contributed by atoms with Crippen molar-refractivity contribution in [1.29, 1.82) is 0 Å². The summed E-state index contributed by atoms with van der Waals surface area (Å²) >= 11 is 1.14. The highest BCUT2D eigenvalue weighted by molar-refractivity contribution is 7.99. The number of aryl methyl sites for hydroxylation is 2. The third-order valence-electron chi connectivity index (χ3n) is 3.54. The summed E-state index contributed by atoms with van der Waals surface area (Å²) in [6.07, 6.45) is -4.76. The largest absolute Gasteiger partial charge is 0.573 e. The van der Waals surface area contributed by atoms with Crippen LogP contribution in [0.2, 0.25) is 0 Å². The number of tetrazole rings is 1. The maximum Gasteiger partial charge on any atom is 0.573 e. The minimum absolute atomic E-state index is 0.0784. The fourth-order valence-corrected chi connectivity index (χ4v) is 3.22. The number of H-pyrrole nitrogens is 1. The molecule has 27 heavy (non-hydrogen) atoms. The Kier molecular flexibility index (Phi) is 5.22. The average molecular weight is 397 g/mol. The molecule has 0 saturated heterocycles. The van der Waals surface area contributed by atoms with Crippen molar-refractivity contribution in [2.24, 2.45) is 0 Å². The van der Waals surface area contributed by atoms with Crippen molar-refractivity contribution in [3.63, 3.8) is 0 Å². The minimum Gasteiger partial charge on any atom is -0.406 e. The first kappa shape index (κ1) is 19.0. The van der Waals surface area contributed by atoms with Gasteiger partial charge in [-0.1, -0.05) is 11.8 Å². The Morgan fingerprint density at radius 1 is 1.26 bits per heavy atom. The Bertz CT molecular complexity index is 950. The predicted octanol–water partition coefficient (Wildman–Crippen LogP) is 3.48. The van der Waals surface area contributed by atoms with Gasteiger partial charge < -0.3 is 9.72 Å². The molecular formula is C16H14F3N5O2S. The van der Waals surface area contributed by atoms with E-state index in [1.165, 1.54) is 16.8 Å². The first-order valence-electron chi connectivity index (χ1n) is 7.70. The number of hydrogen-bond acceptors (Lipinski definition) is 6. The van der Waals surface area contributed by atoms with Crippen molar-refractivity contribution in [1.82, 2.24) is 25.2 Å². The lowest BCUT2D eigenvalue weighted by Gasteiger charge is -2.09. The lowest BCUT2D eigenvalue weighted by atomic mass is 10.2. The van der Waals surface area contributed by atoms with Gasteiger partial charge in [0.1, 0.15) is 5.75 Å². The highest BCUT2D eigenvalue weighted by Crippen LogP contribution is 2.25. The van der Waals surface area contributed by atoms with Gasteiger partial charge in [-0.05, 0) is 54.6 Å². The molecule has 0 aliphatic rings. The number of carbonyl (C=O) groups is 1. The molecule has 1 aromatic carbocycles. The molecule has 142 valence electrons. The number of hydrogen-bond donors (Lipinski definition) is 1. The van der Waals surface area contributed by atoms with Crippen molar-refractivity contribution in [2.45, 2.75) is 25.4 Å². The normalized spacial score (nSPS) is 11.6. The number of aromatic nitrogens is 5. The van der Waals surface area contributed by atoms with Crippen molar-refractivity contribution >= 4 is 17.5 Å². The number of nitrogens with zero attached hydrogens (tertiary/aromatic N) is 4. The first-order chi connectivity index (χ1) is 12.7. The molecule has 11 heteroatoms. The van der Waals surface area contributed by atoms with Crippen LogP contribution in [0.25, 0.3) is 5.69 Å². The van der Waals surface area contributed by atoms with Crippen LogP contribution in [0.15, 0.2) is 35.5 Å². The highest BCUT2D eigenvalue weighted by Gasteiger charge is 2.31. The Balaban J connectivity index is 1.70. The Hall–Kier alpha value is -2.82.